The lowest BCUT2D eigenvalue weighted by Gasteiger charge is -2.21. The molecule has 1 fully saturated rings. The number of rotatable bonds is 3. The van der Waals surface area contributed by atoms with Gasteiger partial charge in [-0.2, -0.15) is 0 Å². The first-order valence-electron chi connectivity index (χ1n) is 6.57. The molecular weight excluding hydrogens is 240 g/mol. The molecule has 5 nitrogen and oxygen atoms in total. The lowest BCUT2D eigenvalue weighted by Crippen LogP contribution is -2.35. The second-order valence-electron chi connectivity index (χ2n) is 4.77. The predicted molar refractivity (Wildman–Crippen MR) is 71.3 cm³/mol. The van der Waals surface area contributed by atoms with E-state index in [1.54, 1.807) is 10.9 Å². The van der Waals surface area contributed by atoms with Crippen LogP contribution in [0.15, 0.2) is 36.5 Å². The fourth-order valence-corrected chi connectivity index (χ4v) is 2.45. The molecular formula is C14H16N4O. The van der Waals surface area contributed by atoms with Crippen LogP contribution in [0.2, 0.25) is 0 Å². The highest BCUT2D eigenvalue weighted by Gasteiger charge is 2.25. The summed E-state index contributed by atoms with van der Waals surface area (Å²) in [5.41, 5.74) is 1.44. The molecule has 2 heterocycles. The molecule has 1 atom stereocenters. The van der Waals surface area contributed by atoms with Crippen molar-refractivity contribution in [2.45, 2.75) is 12.8 Å². The van der Waals surface area contributed by atoms with Gasteiger partial charge in [0, 0.05) is 12.5 Å². The van der Waals surface area contributed by atoms with E-state index in [9.17, 15) is 4.79 Å². The summed E-state index contributed by atoms with van der Waals surface area (Å²) in [5, 5.41) is 11.2. The van der Waals surface area contributed by atoms with E-state index >= 15 is 0 Å². The van der Waals surface area contributed by atoms with Crippen LogP contribution in [0.25, 0.3) is 5.69 Å². The number of nitrogens with one attached hydrogen (secondary N) is 1. The Hall–Kier alpha value is -2.01. The third kappa shape index (κ3) is 2.42. The Morgan fingerprint density at radius 1 is 1.32 bits per heavy atom. The number of Topliss-reactive ketones (excluding diaryl/α,β-unsaturated/α-hetero) is 1. The zero-order chi connectivity index (χ0) is 13.1. The van der Waals surface area contributed by atoms with Crippen LogP contribution in [0.5, 0.6) is 0 Å². The summed E-state index contributed by atoms with van der Waals surface area (Å²) in [6.45, 7) is 1.75. The second-order valence-corrected chi connectivity index (χ2v) is 4.77. The monoisotopic (exact) mass is 256 g/mol. The number of aromatic nitrogens is 3. The van der Waals surface area contributed by atoms with Gasteiger partial charge in [-0.15, -0.1) is 5.10 Å². The molecule has 0 radical (unpaired) electrons. The normalized spacial score (nSPS) is 19.3. The minimum atomic E-state index is 0.0368. The molecule has 0 bridgehead atoms. The maximum absolute atomic E-state index is 12.5. The number of hydrogen-bond acceptors (Lipinski definition) is 4. The van der Waals surface area contributed by atoms with Gasteiger partial charge < -0.3 is 5.32 Å². The Morgan fingerprint density at radius 3 is 2.89 bits per heavy atom. The molecule has 0 saturated carbocycles. The standard InChI is InChI=1S/C14H16N4O/c19-14(11-5-4-8-15-9-11)13-10-16-17-18(13)12-6-2-1-3-7-12/h1-3,6-7,10-11,15H,4-5,8-9H2. The Balaban J connectivity index is 1.89. The Bertz CT molecular complexity index is 558. The van der Waals surface area contributed by atoms with Gasteiger partial charge in [0.15, 0.2) is 5.78 Å². The van der Waals surface area contributed by atoms with E-state index in [4.69, 9.17) is 0 Å². The Labute approximate surface area is 111 Å². The predicted octanol–water partition coefficient (Wildman–Crippen LogP) is 1.45. The first-order valence-corrected chi connectivity index (χ1v) is 6.57. The van der Waals surface area contributed by atoms with Crippen molar-refractivity contribution in [3.8, 4) is 5.69 Å². The van der Waals surface area contributed by atoms with E-state index in [0.29, 0.717) is 5.69 Å². The fraction of sp³-hybridized carbons (Fsp3) is 0.357. The number of nitrogens with zero attached hydrogens (tertiary/aromatic N) is 3. The molecule has 1 aromatic heterocycles. The highest BCUT2D eigenvalue weighted by atomic mass is 16.1. The van der Waals surface area contributed by atoms with Crippen molar-refractivity contribution in [1.82, 2.24) is 20.3 Å². The van der Waals surface area contributed by atoms with E-state index in [1.165, 1.54) is 0 Å². The number of ketones is 1. The van der Waals surface area contributed by atoms with E-state index in [2.05, 4.69) is 15.6 Å². The van der Waals surface area contributed by atoms with Gasteiger partial charge in [0.1, 0.15) is 5.69 Å². The van der Waals surface area contributed by atoms with E-state index in [-0.39, 0.29) is 11.7 Å². The van der Waals surface area contributed by atoms with Crippen molar-refractivity contribution in [2.75, 3.05) is 13.1 Å². The molecule has 1 aromatic carbocycles. The lowest BCUT2D eigenvalue weighted by molar-refractivity contribution is 0.0891. The summed E-state index contributed by atoms with van der Waals surface area (Å²) in [7, 11) is 0. The SMILES string of the molecule is O=C(c1cnnn1-c1ccccc1)C1CCCNC1. The Kier molecular flexibility index (Phi) is 3.37. The number of benzene rings is 1. The van der Waals surface area contributed by atoms with Gasteiger partial charge in [-0.3, -0.25) is 4.79 Å². The molecule has 0 spiro atoms. The van der Waals surface area contributed by atoms with E-state index in [0.717, 1.165) is 31.6 Å². The molecule has 1 aliphatic rings. The molecule has 1 saturated heterocycles. The Morgan fingerprint density at radius 2 is 2.16 bits per heavy atom. The van der Waals surface area contributed by atoms with Gasteiger partial charge in [0.25, 0.3) is 0 Å². The van der Waals surface area contributed by atoms with E-state index in [1.807, 2.05) is 30.3 Å². The van der Waals surface area contributed by atoms with Crippen molar-refractivity contribution in [3.05, 3.63) is 42.2 Å². The summed E-state index contributed by atoms with van der Waals surface area (Å²) < 4.78 is 1.62. The summed E-state index contributed by atoms with van der Waals surface area (Å²) in [6.07, 6.45) is 3.54. The topological polar surface area (TPSA) is 59.8 Å². The van der Waals surface area contributed by atoms with Crippen LogP contribution >= 0.6 is 0 Å². The van der Waals surface area contributed by atoms with E-state index < -0.39 is 0 Å². The van der Waals surface area contributed by atoms with Gasteiger partial charge in [-0.05, 0) is 31.5 Å². The van der Waals surface area contributed by atoms with Crippen molar-refractivity contribution in [1.29, 1.82) is 0 Å². The molecule has 1 N–H and O–H groups in total. The van der Waals surface area contributed by atoms with Crippen LogP contribution in [-0.4, -0.2) is 33.9 Å². The summed E-state index contributed by atoms with van der Waals surface area (Å²) in [4.78, 5) is 12.5. The number of carbonyl (C=O) groups excluding carboxylic acids is 1. The minimum Gasteiger partial charge on any atom is -0.316 e. The van der Waals surface area contributed by atoms with Crippen molar-refractivity contribution < 1.29 is 4.79 Å². The summed E-state index contributed by atoms with van der Waals surface area (Å²) >= 11 is 0. The number of para-hydroxylation sites is 1. The van der Waals surface area contributed by atoms with Crippen LogP contribution in [0.3, 0.4) is 0 Å². The molecule has 19 heavy (non-hydrogen) atoms. The molecule has 5 heteroatoms. The molecule has 0 amide bonds. The van der Waals surface area contributed by atoms with Crippen molar-refractivity contribution >= 4 is 5.78 Å². The maximum Gasteiger partial charge on any atom is 0.187 e. The fourth-order valence-electron chi connectivity index (χ4n) is 2.45. The van der Waals surface area contributed by atoms with Gasteiger partial charge in [-0.1, -0.05) is 23.4 Å². The average molecular weight is 256 g/mol. The lowest BCUT2D eigenvalue weighted by atomic mass is 9.93. The largest absolute Gasteiger partial charge is 0.316 e. The summed E-state index contributed by atoms with van der Waals surface area (Å²) in [5.74, 6) is 0.163. The van der Waals surface area contributed by atoms with Crippen LogP contribution in [0, 0.1) is 5.92 Å². The van der Waals surface area contributed by atoms with Gasteiger partial charge in [0.2, 0.25) is 0 Å². The molecule has 1 unspecified atom stereocenters. The minimum absolute atomic E-state index is 0.0368. The van der Waals surface area contributed by atoms with Crippen molar-refractivity contribution in [3.63, 3.8) is 0 Å². The van der Waals surface area contributed by atoms with Crippen LogP contribution in [0.1, 0.15) is 23.3 Å². The number of carbonyl (C=O) groups is 1. The first kappa shape index (κ1) is 12.0. The van der Waals surface area contributed by atoms with Crippen LogP contribution in [0.4, 0.5) is 0 Å². The highest BCUT2D eigenvalue weighted by Crippen LogP contribution is 2.18. The molecule has 3 rings (SSSR count). The van der Waals surface area contributed by atoms with Crippen LogP contribution in [-0.2, 0) is 0 Å². The maximum atomic E-state index is 12.5. The molecule has 98 valence electrons. The quantitative estimate of drug-likeness (QED) is 0.844. The molecule has 2 aromatic rings. The van der Waals surface area contributed by atoms with Crippen LogP contribution < -0.4 is 5.32 Å². The molecule has 1 aliphatic heterocycles. The van der Waals surface area contributed by atoms with Crippen molar-refractivity contribution in [2.24, 2.45) is 5.92 Å². The number of piperidine rings is 1. The smallest absolute Gasteiger partial charge is 0.187 e. The first-order chi connectivity index (χ1) is 9.36. The second kappa shape index (κ2) is 5.32. The summed E-state index contributed by atoms with van der Waals surface area (Å²) in [6, 6.07) is 9.63. The third-order valence-electron chi connectivity index (χ3n) is 3.47. The molecule has 0 aliphatic carbocycles. The third-order valence-corrected chi connectivity index (χ3v) is 3.47. The zero-order valence-electron chi connectivity index (χ0n) is 10.6. The zero-order valence-corrected chi connectivity index (χ0v) is 10.6. The van der Waals surface area contributed by atoms with Gasteiger partial charge in [-0.25, -0.2) is 4.68 Å². The van der Waals surface area contributed by atoms with Gasteiger partial charge in [0.05, 0.1) is 11.9 Å². The highest BCUT2D eigenvalue weighted by molar-refractivity contribution is 5.96. The average Bonchev–Trinajstić information content (AvgIpc) is 2.98. The number of hydrogen-bond donors (Lipinski definition) is 1. The van der Waals surface area contributed by atoms with Gasteiger partial charge >= 0.3 is 0 Å².